The van der Waals surface area contributed by atoms with E-state index in [0.717, 1.165) is 25.7 Å². The Morgan fingerprint density at radius 3 is 2.71 bits per heavy atom. The number of furan rings is 1. The highest BCUT2D eigenvalue weighted by Gasteiger charge is 2.23. The first-order valence-corrected chi connectivity index (χ1v) is 6.16. The molecule has 2 rings (SSSR count). The summed E-state index contributed by atoms with van der Waals surface area (Å²) in [7, 11) is 0. The molecule has 4 heteroatoms. The summed E-state index contributed by atoms with van der Waals surface area (Å²) >= 11 is 0. The Balaban J connectivity index is 1.86. The minimum atomic E-state index is -0.0521. The summed E-state index contributed by atoms with van der Waals surface area (Å²) in [5.74, 6) is 1.02. The summed E-state index contributed by atoms with van der Waals surface area (Å²) in [5.41, 5.74) is 0.620. The van der Waals surface area contributed by atoms with Gasteiger partial charge in [-0.25, -0.2) is 0 Å². The Bertz CT molecular complexity index is 378. The highest BCUT2D eigenvalue weighted by atomic mass is 16.3. The molecule has 0 saturated heterocycles. The lowest BCUT2D eigenvalue weighted by molar-refractivity contribution is 0.0912. The summed E-state index contributed by atoms with van der Waals surface area (Å²) in [4.78, 5) is 11.9. The van der Waals surface area contributed by atoms with E-state index in [1.807, 2.05) is 0 Å². The van der Waals surface area contributed by atoms with Crippen LogP contribution in [-0.4, -0.2) is 23.7 Å². The zero-order valence-electron chi connectivity index (χ0n) is 10.1. The molecule has 1 aliphatic carbocycles. The molecule has 0 radical (unpaired) electrons. The van der Waals surface area contributed by atoms with Gasteiger partial charge in [-0.1, -0.05) is 0 Å². The number of amides is 1. The molecule has 1 aromatic heterocycles. The molecule has 17 heavy (non-hydrogen) atoms. The number of rotatable bonds is 3. The van der Waals surface area contributed by atoms with Gasteiger partial charge in [0, 0.05) is 12.6 Å². The minimum Gasteiger partial charge on any atom is -0.469 e. The highest BCUT2D eigenvalue weighted by molar-refractivity contribution is 5.95. The predicted molar refractivity (Wildman–Crippen MR) is 63.7 cm³/mol. The molecular formula is C13H19NO3. The third-order valence-corrected chi connectivity index (χ3v) is 3.54. The van der Waals surface area contributed by atoms with Gasteiger partial charge in [0.2, 0.25) is 0 Å². The second kappa shape index (κ2) is 5.36. The van der Waals surface area contributed by atoms with E-state index in [2.05, 4.69) is 5.32 Å². The molecule has 4 nitrogen and oxygen atoms in total. The summed E-state index contributed by atoms with van der Waals surface area (Å²) in [6.07, 6.45) is 5.42. The Labute approximate surface area is 101 Å². The first-order chi connectivity index (χ1) is 8.20. The number of hydrogen-bond donors (Lipinski definition) is 2. The lowest BCUT2D eigenvalue weighted by Gasteiger charge is -2.27. The van der Waals surface area contributed by atoms with Crippen LogP contribution in [0.1, 0.15) is 41.8 Å². The van der Waals surface area contributed by atoms with E-state index in [9.17, 15) is 4.79 Å². The molecule has 1 amide bonds. The second-order valence-corrected chi connectivity index (χ2v) is 4.76. The lowest BCUT2D eigenvalue weighted by atomic mass is 9.86. The molecule has 0 unspecified atom stereocenters. The van der Waals surface area contributed by atoms with E-state index < -0.39 is 0 Å². The fourth-order valence-electron chi connectivity index (χ4n) is 2.37. The molecular weight excluding hydrogens is 218 g/mol. The SMILES string of the molecule is Cc1occc1C(=O)NC1CCC(CO)CC1. The lowest BCUT2D eigenvalue weighted by Crippen LogP contribution is -2.38. The molecule has 1 heterocycles. The van der Waals surface area contributed by atoms with Crippen molar-refractivity contribution < 1.29 is 14.3 Å². The van der Waals surface area contributed by atoms with Gasteiger partial charge in [0.05, 0.1) is 11.8 Å². The molecule has 1 aromatic rings. The van der Waals surface area contributed by atoms with Gasteiger partial charge in [-0.15, -0.1) is 0 Å². The van der Waals surface area contributed by atoms with Crippen molar-refractivity contribution in [3.8, 4) is 0 Å². The quantitative estimate of drug-likeness (QED) is 0.843. The molecule has 0 bridgehead atoms. The van der Waals surface area contributed by atoms with Gasteiger partial charge in [-0.2, -0.15) is 0 Å². The molecule has 0 aromatic carbocycles. The summed E-state index contributed by atoms with van der Waals surface area (Å²) in [5, 5.41) is 12.1. The van der Waals surface area contributed by atoms with Crippen molar-refractivity contribution in [1.29, 1.82) is 0 Å². The van der Waals surface area contributed by atoms with Crippen molar-refractivity contribution in [2.75, 3.05) is 6.61 Å². The van der Waals surface area contributed by atoms with Crippen molar-refractivity contribution in [1.82, 2.24) is 5.32 Å². The number of aliphatic hydroxyl groups excluding tert-OH is 1. The molecule has 2 N–H and O–H groups in total. The number of hydrogen-bond acceptors (Lipinski definition) is 3. The third-order valence-electron chi connectivity index (χ3n) is 3.54. The molecule has 0 atom stereocenters. The predicted octanol–water partition coefficient (Wildman–Crippen LogP) is 1.87. The van der Waals surface area contributed by atoms with Crippen molar-refractivity contribution in [2.45, 2.75) is 38.6 Å². The average molecular weight is 237 g/mol. The van der Waals surface area contributed by atoms with Gasteiger partial charge in [0.25, 0.3) is 5.91 Å². The maximum absolute atomic E-state index is 11.9. The third kappa shape index (κ3) is 2.88. The number of aliphatic hydroxyl groups is 1. The van der Waals surface area contributed by atoms with E-state index in [-0.39, 0.29) is 18.6 Å². The van der Waals surface area contributed by atoms with Crippen LogP contribution in [0.25, 0.3) is 0 Å². The summed E-state index contributed by atoms with van der Waals surface area (Å²) in [6, 6.07) is 1.93. The van der Waals surface area contributed by atoms with E-state index in [1.54, 1.807) is 13.0 Å². The standard InChI is InChI=1S/C13H19NO3/c1-9-12(6-7-17-9)13(16)14-11-4-2-10(8-15)3-5-11/h6-7,10-11,15H,2-5,8H2,1H3,(H,14,16). The largest absolute Gasteiger partial charge is 0.469 e. The maximum atomic E-state index is 11.9. The van der Waals surface area contributed by atoms with Crippen LogP contribution in [-0.2, 0) is 0 Å². The van der Waals surface area contributed by atoms with Gasteiger partial charge < -0.3 is 14.8 Å². The van der Waals surface area contributed by atoms with Crippen LogP contribution in [0.15, 0.2) is 16.7 Å². The van der Waals surface area contributed by atoms with E-state index in [4.69, 9.17) is 9.52 Å². The van der Waals surface area contributed by atoms with Gasteiger partial charge in [-0.3, -0.25) is 4.79 Å². The highest BCUT2D eigenvalue weighted by Crippen LogP contribution is 2.24. The maximum Gasteiger partial charge on any atom is 0.255 e. The van der Waals surface area contributed by atoms with Gasteiger partial charge in [0.1, 0.15) is 5.76 Å². The van der Waals surface area contributed by atoms with Crippen molar-refractivity contribution in [3.63, 3.8) is 0 Å². The van der Waals surface area contributed by atoms with Crippen LogP contribution in [0, 0.1) is 12.8 Å². The molecule has 94 valence electrons. The fraction of sp³-hybridized carbons (Fsp3) is 0.615. The minimum absolute atomic E-state index is 0.0521. The van der Waals surface area contributed by atoms with Gasteiger partial charge >= 0.3 is 0 Å². The van der Waals surface area contributed by atoms with Crippen LogP contribution in [0.5, 0.6) is 0 Å². The van der Waals surface area contributed by atoms with Gasteiger partial charge in [-0.05, 0) is 44.6 Å². The normalized spacial score (nSPS) is 24.6. The number of nitrogens with one attached hydrogen (secondary N) is 1. The first-order valence-electron chi connectivity index (χ1n) is 6.16. The number of carbonyl (C=O) groups is 1. The fourth-order valence-corrected chi connectivity index (χ4v) is 2.37. The van der Waals surface area contributed by atoms with Crippen LogP contribution in [0.3, 0.4) is 0 Å². The molecule has 1 saturated carbocycles. The molecule has 1 aliphatic rings. The van der Waals surface area contributed by atoms with Crippen LogP contribution in [0.4, 0.5) is 0 Å². The topological polar surface area (TPSA) is 62.5 Å². The van der Waals surface area contributed by atoms with Gasteiger partial charge in [0.15, 0.2) is 0 Å². The van der Waals surface area contributed by atoms with E-state index in [1.165, 1.54) is 6.26 Å². The summed E-state index contributed by atoms with van der Waals surface area (Å²) < 4.78 is 5.12. The van der Waals surface area contributed by atoms with E-state index >= 15 is 0 Å². The first kappa shape index (κ1) is 12.2. The van der Waals surface area contributed by atoms with Crippen LogP contribution in [0.2, 0.25) is 0 Å². The van der Waals surface area contributed by atoms with Crippen molar-refractivity contribution in [3.05, 3.63) is 23.7 Å². The van der Waals surface area contributed by atoms with Crippen molar-refractivity contribution in [2.24, 2.45) is 5.92 Å². The Morgan fingerprint density at radius 1 is 1.47 bits per heavy atom. The smallest absolute Gasteiger partial charge is 0.255 e. The average Bonchev–Trinajstić information content (AvgIpc) is 2.76. The second-order valence-electron chi connectivity index (χ2n) is 4.76. The zero-order valence-corrected chi connectivity index (χ0v) is 10.1. The van der Waals surface area contributed by atoms with Crippen LogP contribution < -0.4 is 5.32 Å². The monoisotopic (exact) mass is 237 g/mol. The summed E-state index contributed by atoms with van der Waals surface area (Å²) in [6.45, 7) is 2.05. The molecule has 0 aliphatic heterocycles. The number of aryl methyl sites for hydroxylation is 1. The van der Waals surface area contributed by atoms with Crippen LogP contribution >= 0.6 is 0 Å². The molecule has 1 fully saturated rings. The number of carbonyl (C=O) groups excluding carboxylic acids is 1. The molecule has 0 spiro atoms. The Morgan fingerprint density at radius 2 is 2.18 bits per heavy atom. The Hall–Kier alpha value is -1.29. The Kier molecular flexibility index (Phi) is 3.84. The zero-order chi connectivity index (χ0) is 12.3. The van der Waals surface area contributed by atoms with E-state index in [0.29, 0.717) is 17.2 Å². The van der Waals surface area contributed by atoms with Crippen molar-refractivity contribution >= 4 is 5.91 Å².